The second-order valence-electron chi connectivity index (χ2n) is 10.8. The van der Waals surface area contributed by atoms with Crippen molar-refractivity contribution >= 4 is 25.9 Å². The second kappa shape index (κ2) is 14.2. The van der Waals surface area contributed by atoms with Gasteiger partial charge in [0.15, 0.2) is 9.84 Å². The number of hydrogen-bond donors (Lipinski definition) is 2. The first kappa shape index (κ1) is 36.7. The summed E-state index contributed by atoms with van der Waals surface area (Å²) in [4.78, 5) is 30.6. The highest BCUT2D eigenvalue weighted by Gasteiger charge is 2.31. The minimum absolute atomic E-state index is 0.0101. The van der Waals surface area contributed by atoms with E-state index in [0.29, 0.717) is 22.6 Å². The average molecular weight is 718 g/mol. The standard InChI is InChI=1S/C25H22F3N5O4S.C7H8O3S/c1-15-20(22-9-10-31-32(22)2)12-21(23(34)30-13-17-7-8-19(14-29-17)38(3,36)37)24(35)33(15)18-6-4-5-16(11-18)25(26,27)28;1-6-2-4-7(5-3-6)11(8,9)10/h4-12,14H,13H2,1-3H3,(H,30,34);2-5H,1H3,(H,8,9,10). The Labute approximate surface area is 279 Å². The fourth-order valence-corrected chi connectivity index (χ4v) is 5.65. The Balaban J connectivity index is 0.000000418. The molecule has 0 spiro atoms. The van der Waals surface area contributed by atoms with Gasteiger partial charge in [-0.15, -0.1) is 0 Å². The van der Waals surface area contributed by atoms with E-state index in [-0.39, 0.29) is 27.6 Å². The molecule has 0 aliphatic rings. The summed E-state index contributed by atoms with van der Waals surface area (Å²) < 4.78 is 95.6. The topological polar surface area (TPSA) is 170 Å². The van der Waals surface area contributed by atoms with E-state index in [4.69, 9.17) is 4.55 Å². The van der Waals surface area contributed by atoms with Gasteiger partial charge >= 0.3 is 6.18 Å². The number of nitrogens with zero attached hydrogens (tertiary/aromatic N) is 4. The third-order valence-electron chi connectivity index (χ3n) is 7.20. The molecule has 0 saturated heterocycles. The van der Waals surface area contributed by atoms with Crippen molar-refractivity contribution < 1.29 is 39.4 Å². The number of sulfone groups is 1. The zero-order valence-corrected chi connectivity index (χ0v) is 28.1. The second-order valence-corrected chi connectivity index (χ2v) is 14.3. The van der Waals surface area contributed by atoms with Gasteiger partial charge in [0.2, 0.25) is 0 Å². The third-order valence-corrected chi connectivity index (χ3v) is 9.16. The first-order chi connectivity index (χ1) is 22.8. The molecule has 0 radical (unpaired) electrons. The van der Waals surface area contributed by atoms with Gasteiger partial charge < -0.3 is 5.32 Å². The quantitative estimate of drug-likeness (QED) is 0.230. The summed E-state index contributed by atoms with van der Waals surface area (Å²) in [5, 5.41) is 6.68. The maximum absolute atomic E-state index is 13.5. The molecule has 0 saturated carbocycles. The number of carbonyl (C=O) groups is 1. The highest BCUT2D eigenvalue weighted by atomic mass is 32.2. The van der Waals surface area contributed by atoms with Gasteiger partial charge in [-0.3, -0.25) is 28.4 Å². The van der Waals surface area contributed by atoms with E-state index in [1.54, 1.807) is 32.2 Å². The van der Waals surface area contributed by atoms with Gasteiger partial charge in [-0.25, -0.2) is 8.42 Å². The van der Waals surface area contributed by atoms with E-state index in [2.05, 4.69) is 15.4 Å². The number of carbonyl (C=O) groups excluding carboxylic acids is 1. The number of aryl methyl sites for hydroxylation is 2. The maximum atomic E-state index is 13.5. The fourth-order valence-electron chi connectivity index (χ4n) is 4.61. The lowest BCUT2D eigenvalue weighted by molar-refractivity contribution is -0.137. The lowest BCUT2D eigenvalue weighted by Gasteiger charge is -2.18. The van der Waals surface area contributed by atoms with Crippen LogP contribution in [0.15, 0.2) is 99.8 Å². The number of aromatic nitrogens is 4. The molecule has 3 heterocycles. The van der Waals surface area contributed by atoms with Crippen molar-refractivity contribution in [3.05, 3.63) is 124 Å². The first-order valence-corrected chi connectivity index (χ1v) is 17.5. The van der Waals surface area contributed by atoms with E-state index >= 15 is 0 Å². The third kappa shape index (κ3) is 8.87. The first-order valence-electron chi connectivity index (χ1n) is 14.2. The summed E-state index contributed by atoms with van der Waals surface area (Å²) in [7, 11) is -5.82. The van der Waals surface area contributed by atoms with Crippen LogP contribution < -0.4 is 10.9 Å². The number of rotatable bonds is 7. The predicted octanol–water partition coefficient (Wildman–Crippen LogP) is 4.54. The van der Waals surface area contributed by atoms with Crippen molar-refractivity contribution in [2.24, 2.45) is 7.05 Å². The van der Waals surface area contributed by atoms with Gasteiger partial charge in [-0.05, 0) is 68.4 Å². The van der Waals surface area contributed by atoms with Crippen LogP contribution in [0.2, 0.25) is 0 Å². The minimum atomic E-state index is -4.63. The smallest absolute Gasteiger partial charge is 0.346 e. The van der Waals surface area contributed by atoms with Crippen LogP contribution in [0, 0.1) is 13.8 Å². The molecule has 5 rings (SSSR count). The Bertz CT molecular complexity index is 2280. The van der Waals surface area contributed by atoms with Crippen LogP contribution in [-0.4, -0.2) is 52.9 Å². The fraction of sp³-hybridized carbons (Fsp3) is 0.188. The summed E-state index contributed by atoms with van der Waals surface area (Å²) in [6.07, 6.45) is -0.922. The van der Waals surface area contributed by atoms with E-state index in [0.717, 1.165) is 34.7 Å². The number of benzene rings is 2. The molecular weight excluding hydrogens is 688 g/mol. The molecule has 0 fully saturated rings. The maximum Gasteiger partial charge on any atom is 0.416 e. The molecule has 1 amide bonds. The van der Waals surface area contributed by atoms with Crippen LogP contribution in [-0.2, 0) is 39.7 Å². The predicted molar refractivity (Wildman–Crippen MR) is 173 cm³/mol. The van der Waals surface area contributed by atoms with Gasteiger partial charge in [0.1, 0.15) is 5.56 Å². The Morgan fingerprint density at radius 2 is 1.59 bits per heavy atom. The van der Waals surface area contributed by atoms with Crippen LogP contribution in [0.4, 0.5) is 13.2 Å². The van der Waals surface area contributed by atoms with Crippen molar-refractivity contribution in [3.8, 4) is 16.9 Å². The zero-order chi connectivity index (χ0) is 36.3. The molecular formula is C32H30F3N5O7S2. The number of nitrogens with one attached hydrogen (secondary N) is 1. The average Bonchev–Trinajstić information content (AvgIpc) is 3.45. The zero-order valence-electron chi connectivity index (χ0n) is 26.4. The molecule has 17 heteroatoms. The summed E-state index contributed by atoms with van der Waals surface area (Å²) in [6, 6.07) is 16.1. The minimum Gasteiger partial charge on any atom is -0.346 e. The molecule has 258 valence electrons. The van der Waals surface area contributed by atoms with Crippen molar-refractivity contribution in [1.82, 2.24) is 24.6 Å². The van der Waals surface area contributed by atoms with Gasteiger partial charge in [-0.1, -0.05) is 23.8 Å². The molecule has 2 N–H and O–H groups in total. The van der Waals surface area contributed by atoms with Crippen molar-refractivity contribution in [3.63, 3.8) is 0 Å². The molecule has 0 aliphatic heterocycles. The van der Waals surface area contributed by atoms with E-state index < -0.39 is 43.2 Å². The normalized spacial score (nSPS) is 11.8. The lowest BCUT2D eigenvalue weighted by Crippen LogP contribution is -2.34. The molecule has 0 atom stereocenters. The molecule has 3 aromatic heterocycles. The molecule has 12 nitrogen and oxygen atoms in total. The van der Waals surface area contributed by atoms with Gasteiger partial charge in [0.25, 0.3) is 21.6 Å². The summed E-state index contributed by atoms with van der Waals surface area (Å²) >= 11 is 0. The summed E-state index contributed by atoms with van der Waals surface area (Å²) in [6.45, 7) is 3.29. The van der Waals surface area contributed by atoms with Gasteiger partial charge in [0.05, 0.1) is 33.3 Å². The molecule has 0 bridgehead atoms. The number of amides is 1. The van der Waals surface area contributed by atoms with Crippen molar-refractivity contribution in [1.29, 1.82) is 0 Å². The Morgan fingerprint density at radius 1 is 0.939 bits per heavy atom. The molecule has 0 aliphatic carbocycles. The molecule has 49 heavy (non-hydrogen) atoms. The summed E-state index contributed by atoms with van der Waals surface area (Å²) in [5.41, 5.74) is 0.439. The van der Waals surface area contributed by atoms with Crippen LogP contribution >= 0.6 is 0 Å². The van der Waals surface area contributed by atoms with Gasteiger partial charge in [0, 0.05) is 42.6 Å². The van der Waals surface area contributed by atoms with Crippen LogP contribution in [0.3, 0.4) is 0 Å². The molecule has 5 aromatic rings. The largest absolute Gasteiger partial charge is 0.416 e. The van der Waals surface area contributed by atoms with E-state index in [1.165, 1.54) is 53.3 Å². The summed E-state index contributed by atoms with van der Waals surface area (Å²) in [5.74, 6) is -0.784. The van der Waals surface area contributed by atoms with Crippen LogP contribution in [0.5, 0.6) is 0 Å². The lowest BCUT2D eigenvalue weighted by atomic mass is 10.1. The van der Waals surface area contributed by atoms with Crippen LogP contribution in [0.1, 0.15) is 32.9 Å². The van der Waals surface area contributed by atoms with E-state index in [1.807, 2.05) is 6.92 Å². The number of halogens is 3. The molecule has 0 unspecified atom stereocenters. The number of hydrogen-bond acceptors (Lipinski definition) is 8. The highest BCUT2D eigenvalue weighted by Crippen LogP contribution is 2.31. The Hall–Kier alpha value is -5.13. The number of pyridine rings is 2. The van der Waals surface area contributed by atoms with Gasteiger partial charge in [-0.2, -0.15) is 26.7 Å². The SMILES string of the molecule is Cc1c(-c2ccnn2C)cc(C(=O)NCc2ccc(S(C)(=O)=O)cn2)c(=O)n1-c1cccc(C(F)(F)F)c1.Cc1ccc(S(=O)(=O)O)cc1. The van der Waals surface area contributed by atoms with Crippen molar-refractivity contribution in [2.75, 3.05) is 6.26 Å². The highest BCUT2D eigenvalue weighted by molar-refractivity contribution is 7.90. The monoisotopic (exact) mass is 717 g/mol. The Kier molecular flexibility index (Phi) is 10.6. The van der Waals surface area contributed by atoms with Crippen LogP contribution in [0.25, 0.3) is 16.9 Å². The van der Waals surface area contributed by atoms with Crippen molar-refractivity contribution in [2.45, 2.75) is 36.4 Å². The van der Waals surface area contributed by atoms with E-state index in [9.17, 15) is 39.6 Å². The number of alkyl halides is 3. The Morgan fingerprint density at radius 3 is 2.12 bits per heavy atom. The molecule has 2 aromatic carbocycles.